The maximum Gasteiger partial charge on any atom is 0.303 e. The average Bonchev–Trinajstić information content (AvgIpc) is 2.69. The van der Waals surface area contributed by atoms with E-state index in [1.165, 1.54) is 39.5 Å². The van der Waals surface area contributed by atoms with Gasteiger partial charge in [-0.25, -0.2) is 0 Å². The smallest absolute Gasteiger partial charge is 0.303 e. The Morgan fingerprint density at radius 3 is 1.91 bits per heavy atom. The lowest BCUT2D eigenvalue weighted by Crippen LogP contribution is -2.58. The van der Waals surface area contributed by atoms with Gasteiger partial charge in [-0.05, 0) is 24.3 Å². The molecule has 32 heavy (non-hydrogen) atoms. The van der Waals surface area contributed by atoms with Crippen molar-refractivity contribution in [2.45, 2.75) is 56.3 Å². The van der Waals surface area contributed by atoms with Crippen molar-refractivity contribution in [2.75, 3.05) is 13.2 Å². The van der Waals surface area contributed by atoms with Crippen LogP contribution in [0.4, 0.5) is 0 Å². The van der Waals surface area contributed by atoms with Crippen molar-refractivity contribution < 1.29 is 42.9 Å². The molecule has 1 fully saturated rings. The van der Waals surface area contributed by atoms with E-state index in [2.05, 4.69) is 0 Å². The summed E-state index contributed by atoms with van der Waals surface area (Å²) in [7, 11) is 0. The minimum atomic E-state index is -1.02. The van der Waals surface area contributed by atoms with E-state index >= 15 is 0 Å². The van der Waals surface area contributed by atoms with Gasteiger partial charge in [-0.3, -0.25) is 19.2 Å². The van der Waals surface area contributed by atoms with Crippen molar-refractivity contribution in [3.8, 4) is 0 Å². The van der Waals surface area contributed by atoms with Crippen LogP contribution in [0.3, 0.4) is 0 Å². The van der Waals surface area contributed by atoms with E-state index in [-0.39, 0.29) is 13.2 Å². The summed E-state index contributed by atoms with van der Waals surface area (Å²) in [5.74, 6) is -3.08. The number of hydrogen-bond donors (Lipinski definition) is 0. The van der Waals surface area contributed by atoms with Crippen LogP contribution in [0.25, 0.3) is 0 Å². The zero-order chi connectivity index (χ0) is 23.8. The highest BCUT2D eigenvalue weighted by Crippen LogP contribution is 2.39. The normalized spacial score (nSPS) is 24.8. The van der Waals surface area contributed by atoms with Gasteiger partial charge in [0, 0.05) is 37.6 Å². The summed E-state index contributed by atoms with van der Waals surface area (Å²) in [6.07, 6.45) is -2.85. The number of halogens is 1. The third kappa shape index (κ3) is 7.99. The van der Waals surface area contributed by atoms with Gasteiger partial charge in [-0.1, -0.05) is 23.4 Å². The second kappa shape index (κ2) is 12.1. The second-order valence-corrected chi connectivity index (χ2v) is 8.64. The lowest BCUT2D eigenvalue weighted by Gasteiger charge is -2.44. The Hall–Kier alpha value is -2.30. The van der Waals surface area contributed by atoms with Crippen LogP contribution in [-0.4, -0.2) is 60.8 Å². The van der Waals surface area contributed by atoms with Gasteiger partial charge in [-0.2, -0.15) is 0 Å². The molecule has 176 valence electrons. The van der Waals surface area contributed by atoms with E-state index in [9.17, 15) is 19.2 Å². The molecule has 1 heterocycles. The molecule has 0 saturated carbocycles. The monoisotopic (exact) mass is 488 g/mol. The lowest BCUT2D eigenvalue weighted by atomic mass is 9.90. The van der Waals surface area contributed by atoms with E-state index in [0.717, 1.165) is 4.90 Å². The van der Waals surface area contributed by atoms with E-state index in [1.54, 1.807) is 24.3 Å². The summed E-state index contributed by atoms with van der Waals surface area (Å²) in [5, 5.41) is 0.544. The van der Waals surface area contributed by atoms with Crippen LogP contribution in [-0.2, 0) is 42.9 Å². The minimum absolute atomic E-state index is 0.177. The van der Waals surface area contributed by atoms with Crippen molar-refractivity contribution in [1.82, 2.24) is 0 Å². The van der Waals surface area contributed by atoms with Gasteiger partial charge in [-0.15, -0.1) is 0 Å². The molecular weight excluding hydrogens is 464 g/mol. The third-order valence-electron chi connectivity index (χ3n) is 4.40. The van der Waals surface area contributed by atoms with Crippen molar-refractivity contribution in [1.29, 1.82) is 0 Å². The Balaban J connectivity index is 2.41. The Morgan fingerprint density at radius 2 is 1.38 bits per heavy atom. The molecule has 0 aliphatic carbocycles. The molecule has 0 amide bonds. The number of rotatable bonds is 8. The van der Waals surface area contributed by atoms with Gasteiger partial charge in [0.2, 0.25) is 0 Å². The summed E-state index contributed by atoms with van der Waals surface area (Å²) < 4.78 is 27.4. The Kier molecular flexibility index (Phi) is 9.80. The van der Waals surface area contributed by atoms with Crippen molar-refractivity contribution in [3.05, 3.63) is 29.3 Å². The molecule has 5 atom stereocenters. The van der Waals surface area contributed by atoms with Gasteiger partial charge in [0.1, 0.15) is 24.8 Å². The molecule has 1 aromatic carbocycles. The van der Waals surface area contributed by atoms with E-state index < -0.39 is 53.5 Å². The fourth-order valence-corrected chi connectivity index (χ4v) is 4.37. The van der Waals surface area contributed by atoms with Crippen molar-refractivity contribution in [2.24, 2.45) is 5.92 Å². The molecule has 0 aromatic heterocycles. The van der Waals surface area contributed by atoms with E-state index in [4.69, 9.17) is 35.3 Å². The fraction of sp³-hybridized carbons (Fsp3) is 0.524. The van der Waals surface area contributed by atoms with Gasteiger partial charge in [0.15, 0.2) is 12.2 Å². The number of thioether (sulfide) groups is 1. The number of carbonyl (C=O) groups excluding carboxylic acids is 4. The maximum absolute atomic E-state index is 11.9. The lowest BCUT2D eigenvalue weighted by molar-refractivity contribution is -0.221. The molecule has 0 radical (unpaired) electrons. The summed E-state index contributed by atoms with van der Waals surface area (Å²) in [4.78, 5) is 47.3. The molecule has 11 heteroatoms. The highest BCUT2D eigenvalue weighted by atomic mass is 35.5. The summed E-state index contributed by atoms with van der Waals surface area (Å²) in [5.41, 5.74) is -0.821. The molecule has 1 saturated heterocycles. The summed E-state index contributed by atoms with van der Waals surface area (Å²) >= 11 is 7.17. The topological polar surface area (TPSA) is 114 Å². The predicted octanol–water partition coefficient (Wildman–Crippen LogP) is 2.76. The SMILES string of the molecule is CC(=O)OC[C@H]1[C@H](OC(C)=O)[C@@H](OC(C)=O)[C@@H](Sc2ccc(Cl)cc2)O[C@H]1COC(C)=O. The van der Waals surface area contributed by atoms with Gasteiger partial charge < -0.3 is 23.7 Å². The Labute approximate surface area is 195 Å². The first-order valence-corrected chi connectivity index (χ1v) is 11.0. The quantitative estimate of drug-likeness (QED) is 0.399. The molecule has 1 aliphatic rings. The van der Waals surface area contributed by atoms with Crippen molar-refractivity contribution >= 4 is 47.2 Å². The molecule has 0 bridgehead atoms. The molecule has 0 N–H and O–H groups in total. The molecule has 0 spiro atoms. The largest absolute Gasteiger partial charge is 0.465 e. The first kappa shape index (κ1) is 26.0. The zero-order valence-corrected chi connectivity index (χ0v) is 19.6. The first-order valence-electron chi connectivity index (χ1n) is 9.75. The number of ether oxygens (including phenoxy) is 5. The molecule has 2 rings (SSSR count). The standard InChI is InChI=1S/C21H25ClO9S/c1-11(23)27-9-17-18(10-28-12(2)24)31-21(32-16-7-5-15(22)6-8-16)20(30-14(4)26)19(17)29-13(3)25/h5-8,17-21H,9-10H2,1-4H3/t17-,18+,19+,20-,21-/m1/s1. The number of carbonyl (C=O) groups is 4. The molecule has 9 nitrogen and oxygen atoms in total. The van der Waals surface area contributed by atoms with Crippen molar-refractivity contribution in [3.63, 3.8) is 0 Å². The van der Waals surface area contributed by atoms with Crippen LogP contribution in [0.15, 0.2) is 29.2 Å². The molecule has 1 aliphatic heterocycles. The van der Waals surface area contributed by atoms with Crippen LogP contribution in [0.1, 0.15) is 27.7 Å². The first-order chi connectivity index (χ1) is 15.1. The number of esters is 4. The number of benzene rings is 1. The Bertz CT molecular complexity index is 829. The maximum atomic E-state index is 11.9. The molecular formula is C21H25ClO9S. The number of hydrogen-bond acceptors (Lipinski definition) is 10. The second-order valence-electron chi connectivity index (χ2n) is 7.03. The average molecular weight is 489 g/mol. The van der Waals surface area contributed by atoms with E-state index in [0.29, 0.717) is 5.02 Å². The third-order valence-corrected chi connectivity index (χ3v) is 5.81. The van der Waals surface area contributed by atoms with Crippen LogP contribution >= 0.6 is 23.4 Å². The van der Waals surface area contributed by atoms with Crippen LogP contribution in [0, 0.1) is 5.92 Å². The highest BCUT2D eigenvalue weighted by Gasteiger charge is 2.51. The fourth-order valence-electron chi connectivity index (χ4n) is 3.14. The van der Waals surface area contributed by atoms with Crippen LogP contribution in [0.2, 0.25) is 5.02 Å². The highest BCUT2D eigenvalue weighted by molar-refractivity contribution is 7.99. The van der Waals surface area contributed by atoms with Crippen LogP contribution < -0.4 is 0 Å². The zero-order valence-electron chi connectivity index (χ0n) is 18.1. The molecule has 0 unspecified atom stereocenters. The molecule has 1 aromatic rings. The van der Waals surface area contributed by atoms with Crippen LogP contribution in [0.5, 0.6) is 0 Å². The minimum Gasteiger partial charge on any atom is -0.465 e. The predicted molar refractivity (Wildman–Crippen MR) is 114 cm³/mol. The van der Waals surface area contributed by atoms with Gasteiger partial charge in [0.05, 0.1) is 5.92 Å². The Morgan fingerprint density at radius 1 is 0.844 bits per heavy atom. The van der Waals surface area contributed by atoms with E-state index in [1.807, 2.05) is 0 Å². The van der Waals surface area contributed by atoms with Gasteiger partial charge in [0.25, 0.3) is 0 Å². The summed E-state index contributed by atoms with van der Waals surface area (Å²) in [6, 6.07) is 6.90. The summed E-state index contributed by atoms with van der Waals surface area (Å²) in [6.45, 7) is 4.54. The van der Waals surface area contributed by atoms with Gasteiger partial charge >= 0.3 is 23.9 Å².